The lowest BCUT2D eigenvalue weighted by Crippen LogP contribution is -2.42. The van der Waals surface area contributed by atoms with E-state index in [0.717, 1.165) is 25.8 Å². The number of hydrogen-bond donors (Lipinski definition) is 1. The third-order valence-corrected chi connectivity index (χ3v) is 3.53. The summed E-state index contributed by atoms with van der Waals surface area (Å²) in [4.78, 5) is 14.1. The topological polar surface area (TPSA) is 46.3 Å². The summed E-state index contributed by atoms with van der Waals surface area (Å²) in [6.45, 7) is 11.6. The summed E-state index contributed by atoms with van der Waals surface area (Å²) in [5.41, 5.74) is 6.20. The molecule has 0 bridgehead atoms. The number of hydrogen-bond acceptors (Lipinski definition) is 2. The minimum atomic E-state index is -0.0573. The minimum Gasteiger partial charge on any atom is -0.336 e. The van der Waals surface area contributed by atoms with E-state index in [2.05, 4.69) is 34.6 Å². The molecule has 0 aromatic heterocycles. The molecule has 1 amide bonds. The molecule has 1 rings (SSSR count). The monoisotopic (exact) mass is 240 g/mol. The highest BCUT2D eigenvalue weighted by Gasteiger charge is 2.39. The number of likely N-dealkylation sites (tertiary alicyclic amines) is 1. The predicted molar refractivity (Wildman–Crippen MR) is 71.7 cm³/mol. The van der Waals surface area contributed by atoms with E-state index in [-0.39, 0.29) is 17.5 Å². The summed E-state index contributed by atoms with van der Waals surface area (Å²) in [6.07, 6.45) is 3.65. The Labute approximate surface area is 106 Å². The summed E-state index contributed by atoms with van der Waals surface area (Å²) in [7, 11) is 0. The number of amides is 1. The molecule has 3 heteroatoms. The van der Waals surface area contributed by atoms with Crippen LogP contribution in [0.25, 0.3) is 0 Å². The van der Waals surface area contributed by atoms with Crippen molar-refractivity contribution >= 4 is 5.91 Å². The van der Waals surface area contributed by atoms with Crippen LogP contribution >= 0.6 is 0 Å². The van der Waals surface area contributed by atoms with E-state index in [9.17, 15) is 4.79 Å². The largest absolute Gasteiger partial charge is 0.336 e. The Morgan fingerprint density at radius 1 is 1.41 bits per heavy atom. The molecule has 0 saturated carbocycles. The first-order valence-corrected chi connectivity index (χ1v) is 6.68. The SMILES string of the molecule is CC(C)(C)CCCC(=O)N1CC(N)CC1(C)C. The quantitative estimate of drug-likeness (QED) is 0.824. The first-order valence-electron chi connectivity index (χ1n) is 6.68. The van der Waals surface area contributed by atoms with Crippen LogP contribution in [0.2, 0.25) is 0 Å². The van der Waals surface area contributed by atoms with Gasteiger partial charge in [-0.3, -0.25) is 4.79 Å². The number of rotatable bonds is 3. The second-order valence-corrected chi connectivity index (χ2v) is 7.20. The molecule has 1 aliphatic heterocycles. The first kappa shape index (κ1) is 14.5. The molecule has 1 aliphatic rings. The van der Waals surface area contributed by atoms with Crippen LogP contribution < -0.4 is 5.73 Å². The zero-order valence-electron chi connectivity index (χ0n) is 12.0. The van der Waals surface area contributed by atoms with Crippen LogP contribution in [0, 0.1) is 5.41 Å². The van der Waals surface area contributed by atoms with E-state index in [1.54, 1.807) is 0 Å². The lowest BCUT2D eigenvalue weighted by molar-refractivity contribution is -0.134. The van der Waals surface area contributed by atoms with Crippen LogP contribution in [0.5, 0.6) is 0 Å². The van der Waals surface area contributed by atoms with Crippen LogP contribution in [-0.4, -0.2) is 28.9 Å². The first-order chi connectivity index (χ1) is 7.62. The third kappa shape index (κ3) is 4.30. The standard InChI is InChI=1S/C14H28N2O/c1-13(2,3)8-6-7-12(17)16-10-11(15)9-14(16,4)5/h11H,6-10,15H2,1-5H3. The molecule has 100 valence electrons. The van der Waals surface area contributed by atoms with Crippen molar-refractivity contribution in [3.63, 3.8) is 0 Å². The van der Waals surface area contributed by atoms with Gasteiger partial charge in [-0.05, 0) is 38.5 Å². The molecule has 0 aromatic rings. The van der Waals surface area contributed by atoms with Crippen molar-refractivity contribution in [2.24, 2.45) is 11.1 Å². The molecule has 17 heavy (non-hydrogen) atoms. The second kappa shape index (κ2) is 4.97. The zero-order chi connectivity index (χ0) is 13.3. The van der Waals surface area contributed by atoms with Gasteiger partial charge in [-0.1, -0.05) is 20.8 Å². The molecule has 2 N–H and O–H groups in total. The molecule has 0 spiro atoms. The molecule has 0 radical (unpaired) electrons. The molecule has 0 aliphatic carbocycles. The third-order valence-electron chi connectivity index (χ3n) is 3.53. The maximum Gasteiger partial charge on any atom is 0.223 e. The molecule has 1 unspecified atom stereocenters. The minimum absolute atomic E-state index is 0.0573. The molecule has 1 saturated heterocycles. The van der Waals surface area contributed by atoms with Crippen molar-refractivity contribution in [3.05, 3.63) is 0 Å². The van der Waals surface area contributed by atoms with Crippen LogP contribution in [0.3, 0.4) is 0 Å². The molecular formula is C14H28N2O. The molecule has 1 fully saturated rings. The maximum absolute atomic E-state index is 12.2. The fourth-order valence-corrected chi connectivity index (χ4v) is 2.64. The molecule has 1 heterocycles. The average Bonchev–Trinajstić information content (AvgIpc) is 2.36. The van der Waals surface area contributed by atoms with Crippen LogP contribution in [-0.2, 0) is 4.79 Å². The summed E-state index contributed by atoms with van der Waals surface area (Å²) < 4.78 is 0. The van der Waals surface area contributed by atoms with E-state index >= 15 is 0 Å². The number of carbonyl (C=O) groups is 1. The second-order valence-electron chi connectivity index (χ2n) is 7.20. The Kier molecular flexibility index (Phi) is 4.23. The van der Waals surface area contributed by atoms with E-state index in [4.69, 9.17) is 5.73 Å². The molecule has 1 atom stereocenters. The van der Waals surface area contributed by atoms with Gasteiger partial charge in [0.2, 0.25) is 5.91 Å². The fraction of sp³-hybridized carbons (Fsp3) is 0.929. The zero-order valence-corrected chi connectivity index (χ0v) is 12.0. The highest BCUT2D eigenvalue weighted by atomic mass is 16.2. The predicted octanol–water partition coefficient (Wildman–Crippen LogP) is 2.54. The summed E-state index contributed by atoms with van der Waals surface area (Å²) >= 11 is 0. The highest BCUT2D eigenvalue weighted by Crippen LogP contribution is 2.29. The summed E-state index contributed by atoms with van der Waals surface area (Å²) in [5.74, 6) is 0.271. The van der Waals surface area contributed by atoms with Gasteiger partial charge in [0.15, 0.2) is 0 Å². The van der Waals surface area contributed by atoms with Crippen molar-refractivity contribution in [2.75, 3.05) is 6.54 Å². The van der Waals surface area contributed by atoms with E-state index in [0.29, 0.717) is 11.8 Å². The highest BCUT2D eigenvalue weighted by molar-refractivity contribution is 5.77. The van der Waals surface area contributed by atoms with Gasteiger partial charge in [0.25, 0.3) is 0 Å². The van der Waals surface area contributed by atoms with Gasteiger partial charge >= 0.3 is 0 Å². The average molecular weight is 240 g/mol. The number of nitrogens with two attached hydrogens (primary N) is 1. The van der Waals surface area contributed by atoms with E-state index in [1.807, 2.05) is 4.90 Å². The van der Waals surface area contributed by atoms with Crippen molar-refractivity contribution in [1.82, 2.24) is 4.90 Å². The van der Waals surface area contributed by atoms with Crippen molar-refractivity contribution in [3.8, 4) is 0 Å². The van der Waals surface area contributed by atoms with Crippen LogP contribution in [0.15, 0.2) is 0 Å². The Morgan fingerprint density at radius 2 is 2.00 bits per heavy atom. The van der Waals surface area contributed by atoms with Gasteiger partial charge in [-0.25, -0.2) is 0 Å². The summed E-state index contributed by atoms with van der Waals surface area (Å²) in [5, 5.41) is 0. The van der Waals surface area contributed by atoms with Gasteiger partial charge in [0.05, 0.1) is 0 Å². The lowest BCUT2D eigenvalue weighted by atomic mass is 9.89. The van der Waals surface area contributed by atoms with Gasteiger partial charge in [0.1, 0.15) is 0 Å². The van der Waals surface area contributed by atoms with Gasteiger partial charge < -0.3 is 10.6 Å². The van der Waals surface area contributed by atoms with Crippen LogP contribution in [0.1, 0.15) is 60.3 Å². The Morgan fingerprint density at radius 3 is 2.41 bits per heavy atom. The normalized spacial score (nSPS) is 24.1. The Bertz CT molecular complexity index is 278. The van der Waals surface area contributed by atoms with Crippen molar-refractivity contribution in [1.29, 1.82) is 0 Å². The van der Waals surface area contributed by atoms with Crippen LogP contribution in [0.4, 0.5) is 0 Å². The van der Waals surface area contributed by atoms with E-state index in [1.165, 1.54) is 0 Å². The maximum atomic E-state index is 12.2. The molecule has 3 nitrogen and oxygen atoms in total. The Hall–Kier alpha value is -0.570. The van der Waals surface area contributed by atoms with Gasteiger partial charge in [0, 0.05) is 24.5 Å². The van der Waals surface area contributed by atoms with Gasteiger partial charge in [-0.2, -0.15) is 0 Å². The summed E-state index contributed by atoms with van der Waals surface area (Å²) in [6, 6.07) is 0.150. The van der Waals surface area contributed by atoms with Gasteiger partial charge in [-0.15, -0.1) is 0 Å². The van der Waals surface area contributed by atoms with Crippen molar-refractivity contribution < 1.29 is 4.79 Å². The number of carbonyl (C=O) groups excluding carboxylic acids is 1. The van der Waals surface area contributed by atoms with E-state index < -0.39 is 0 Å². The molecular weight excluding hydrogens is 212 g/mol. The fourth-order valence-electron chi connectivity index (χ4n) is 2.64. The molecule has 0 aromatic carbocycles. The Balaban J connectivity index is 2.43. The number of nitrogens with zero attached hydrogens (tertiary/aromatic N) is 1. The van der Waals surface area contributed by atoms with Crippen molar-refractivity contribution in [2.45, 2.75) is 71.9 Å². The lowest BCUT2D eigenvalue weighted by Gasteiger charge is -2.31. The smallest absolute Gasteiger partial charge is 0.223 e.